The van der Waals surface area contributed by atoms with Crippen LogP contribution in [0.1, 0.15) is 32.4 Å². The zero-order valence-corrected chi connectivity index (χ0v) is 9.42. The minimum Gasteiger partial charge on any atom is -0.356 e. The second-order valence-corrected chi connectivity index (χ2v) is 4.11. The first-order chi connectivity index (χ1) is 7.18. The quantitative estimate of drug-likeness (QED) is 0.746. The van der Waals surface area contributed by atoms with Gasteiger partial charge in [0.25, 0.3) is 0 Å². The molecular formula is C11H19N3O. The van der Waals surface area contributed by atoms with Crippen molar-refractivity contribution in [1.29, 1.82) is 0 Å². The first-order valence-corrected chi connectivity index (χ1v) is 5.42. The molecular weight excluding hydrogens is 190 g/mol. The number of carbonyl (C=O) groups is 1. The number of aromatic amines is 1. The molecule has 0 saturated heterocycles. The Kier molecular flexibility index (Phi) is 4.87. The highest BCUT2D eigenvalue weighted by Gasteiger charge is 2.02. The lowest BCUT2D eigenvalue weighted by Crippen LogP contribution is -2.25. The van der Waals surface area contributed by atoms with E-state index in [0.29, 0.717) is 18.9 Å². The van der Waals surface area contributed by atoms with E-state index in [-0.39, 0.29) is 5.91 Å². The van der Waals surface area contributed by atoms with Gasteiger partial charge in [-0.25, -0.2) is 4.98 Å². The van der Waals surface area contributed by atoms with E-state index < -0.39 is 0 Å². The molecule has 84 valence electrons. The van der Waals surface area contributed by atoms with Crippen molar-refractivity contribution in [3.63, 3.8) is 0 Å². The summed E-state index contributed by atoms with van der Waals surface area (Å²) in [5, 5.41) is 2.89. The number of hydrogen-bond acceptors (Lipinski definition) is 2. The number of hydrogen-bond donors (Lipinski definition) is 2. The number of H-pyrrole nitrogens is 1. The van der Waals surface area contributed by atoms with Gasteiger partial charge in [0, 0.05) is 31.3 Å². The van der Waals surface area contributed by atoms with Gasteiger partial charge in [-0.2, -0.15) is 0 Å². The molecule has 0 bridgehead atoms. The third-order valence-electron chi connectivity index (χ3n) is 2.22. The Morgan fingerprint density at radius 2 is 2.40 bits per heavy atom. The zero-order chi connectivity index (χ0) is 11.1. The minimum atomic E-state index is 0.142. The molecule has 1 aromatic rings. The molecule has 1 rings (SSSR count). The van der Waals surface area contributed by atoms with E-state index in [1.807, 2.05) is 0 Å². The minimum absolute atomic E-state index is 0.142. The van der Waals surface area contributed by atoms with Gasteiger partial charge < -0.3 is 10.3 Å². The van der Waals surface area contributed by atoms with Gasteiger partial charge in [0.05, 0.1) is 6.33 Å². The van der Waals surface area contributed by atoms with Crippen LogP contribution in [-0.4, -0.2) is 22.4 Å². The summed E-state index contributed by atoms with van der Waals surface area (Å²) in [6, 6.07) is 0. The van der Waals surface area contributed by atoms with Gasteiger partial charge in [-0.15, -0.1) is 0 Å². The van der Waals surface area contributed by atoms with E-state index in [0.717, 1.165) is 18.5 Å². The summed E-state index contributed by atoms with van der Waals surface area (Å²) in [6.45, 7) is 4.93. The summed E-state index contributed by atoms with van der Waals surface area (Å²) in [6.07, 6.45) is 5.82. The third kappa shape index (κ3) is 5.20. The standard InChI is InChI=1S/C11H19N3O/c1-9(2)3-4-11(15)13-6-5-10-7-12-8-14-10/h7-9H,3-6H2,1-2H3,(H,12,14)(H,13,15). The van der Waals surface area contributed by atoms with Crippen LogP contribution in [-0.2, 0) is 11.2 Å². The second kappa shape index (κ2) is 6.22. The number of rotatable bonds is 6. The number of nitrogens with one attached hydrogen (secondary N) is 2. The van der Waals surface area contributed by atoms with Gasteiger partial charge in [0.1, 0.15) is 0 Å². The van der Waals surface area contributed by atoms with E-state index >= 15 is 0 Å². The van der Waals surface area contributed by atoms with Crippen LogP contribution in [0, 0.1) is 5.92 Å². The molecule has 0 saturated carbocycles. The smallest absolute Gasteiger partial charge is 0.220 e. The summed E-state index contributed by atoms with van der Waals surface area (Å²) in [7, 11) is 0. The van der Waals surface area contributed by atoms with Gasteiger partial charge in [0.2, 0.25) is 5.91 Å². The highest BCUT2D eigenvalue weighted by atomic mass is 16.1. The van der Waals surface area contributed by atoms with Crippen LogP contribution >= 0.6 is 0 Å². The van der Waals surface area contributed by atoms with Crippen LogP contribution in [0.25, 0.3) is 0 Å². The van der Waals surface area contributed by atoms with Crippen molar-refractivity contribution < 1.29 is 4.79 Å². The average Bonchev–Trinajstić information content (AvgIpc) is 2.67. The lowest BCUT2D eigenvalue weighted by atomic mass is 10.1. The molecule has 0 radical (unpaired) electrons. The summed E-state index contributed by atoms with van der Waals surface area (Å²) in [4.78, 5) is 18.2. The molecule has 4 heteroatoms. The lowest BCUT2D eigenvalue weighted by molar-refractivity contribution is -0.121. The first kappa shape index (κ1) is 11.8. The number of aromatic nitrogens is 2. The maximum Gasteiger partial charge on any atom is 0.220 e. The van der Waals surface area contributed by atoms with Crippen LogP contribution in [0.3, 0.4) is 0 Å². The zero-order valence-electron chi connectivity index (χ0n) is 9.42. The Bertz CT molecular complexity index is 280. The van der Waals surface area contributed by atoms with Crippen molar-refractivity contribution in [3.8, 4) is 0 Å². The van der Waals surface area contributed by atoms with Crippen LogP contribution in [0.5, 0.6) is 0 Å². The fourth-order valence-corrected chi connectivity index (χ4v) is 1.27. The Balaban J connectivity index is 2.07. The van der Waals surface area contributed by atoms with Gasteiger partial charge >= 0.3 is 0 Å². The molecule has 0 aliphatic rings. The van der Waals surface area contributed by atoms with Crippen molar-refractivity contribution in [2.45, 2.75) is 33.1 Å². The van der Waals surface area contributed by atoms with Crippen molar-refractivity contribution >= 4 is 5.91 Å². The highest BCUT2D eigenvalue weighted by Crippen LogP contribution is 2.02. The molecule has 4 nitrogen and oxygen atoms in total. The predicted octanol–water partition coefficient (Wildman–Crippen LogP) is 1.50. The van der Waals surface area contributed by atoms with Crippen molar-refractivity contribution in [2.24, 2.45) is 5.92 Å². The Morgan fingerprint density at radius 1 is 1.60 bits per heavy atom. The van der Waals surface area contributed by atoms with Gasteiger partial charge in [0.15, 0.2) is 0 Å². The number of imidazole rings is 1. The molecule has 2 N–H and O–H groups in total. The van der Waals surface area contributed by atoms with E-state index in [9.17, 15) is 4.79 Å². The molecule has 15 heavy (non-hydrogen) atoms. The predicted molar refractivity (Wildman–Crippen MR) is 59.4 cm³/mol. The molecule has 1 heterocycles. The number of carbonyl (C=O) groups excluding carboxylic acids is 1. The molecule has 0 fully saturated rings. The molecule has 0 aromatic carbocycles. The number of amides is 1. The van der Waals surface area contributed by atoms with Crippen molar-refractivity contribution in [3.05, 3.63) is 18.2 Å². The fraction of sp³-hybridized carbons (Fsp3) is 0.636. The third-order valence-corrected chi connectivity index (χ3v) is 2.22. The van der Waals surface area contributed by atoms with E-state index in [4.69, 9.17) is 0 Å². The Hall–Kier alpha value is -1.32. The highest BCUT2D eigenvalue weighted by molar-refractivity contribution is 5.75. The molecule has 1 aromatic heterocycles. The maximum atomic E-state index is 11.3. The SMILES string of the molecule is CC(C)CCC(=O)NCCc1cnc[nH]1. The van der Waals surface area contributed by atoms with E-state index in [2.05, 4.69) is 29.1 Å². The number of nitrogens with zero attached hydrogens (tertiary/aromatic N) is 1. The van der Waals surface area contributed by atoms with Crippen LogP contribution in [0.15, 0.2) is 12.5 Å². The fourth-order valence-electron chi connectivity index (χ4n) is 1.27. The van der Waals surface area contributed by atoms with Crippen molar-refractivity contribution in [1.82, 2.24) is 15.3 Å². The van der Waals surface area contributed by atoms with E-state index in [1.165, 1.54) is 0 Å². The Labute approximate surface area is 90.5 Å². The summed E-state index contributed by atoms with van der Waals surface area (Å²) in [5.74, 6) is 0.728. The summed E-state index contributed by atoms with van der Waals surface area (Å²) < 4.78 is 0. The van der Waals surface area contributed by atoms with Gasteiger partial charge in [-0.3, -0.25) is 4.79 Å². The van der Waals surface area contributed by atoms with E-state index in [1.54, 1.807) is 12.5 Å². The summed E-state index contributed by atoms with van der Waals surface area (Å²) >= 11 is 0. The normalized spacial score (nSPS) is 10.6. The molecule has 0 aliphatic carbocycles. The average molecular weight is 209 g/mol. The first-order valence-electron chi connectivity index (χ1n) is 5.42. The topological polar surface area (TPSA) is 57.8 Å². The van der Waals surface area contributed by atoms with Crippen LogP contribution in [0.4, 0.5) is 0 Å². The Morgan fingerprint density at radius 3 is 3.00 bits per heavy atom. The van der Waals surface area contributed by atoms with Crippen molar-refractivity contribution in [2.75, 3.05) is 6.54 Å². The molecule has 0 aliphatic heterocycles. The van der Waals surface area contributed by atoms with Gasteiger partial charge in [-0.1, -0.05) is 13.8 Å². The maximum absolute atomic E-state index is 11.3. The largest absolute Gasteiger partial charge is 0.356 e. The molecule has 0 atom stereocenters. The van der Waals surface area contributed by atoms with Crippen LogP contribution in [0.2, 0.25) is 0 Å². The second-order valence-electron chi connectivity index (χ2n) is 4.11. The molecule has 1 amide bonds. The molecule has 0 unspecified atom stereocenters. The van der Waals surface area contributed by atoms with Crippen LogP contribution < -0.4 is 5.32 Å². The monoisotopic (exact) mass is 209 g/mol. The molecule has 0 spiro atoms. The van der Waals surface area contributed by atoms with Gasteiger partial charge in [-0.05, 0) is 12.3 Å². The lowest BCUT2D eigenvalue weighted by Gasteiger charge is -2.05. The summed E-state index contributed by atoms with van der Waals surface area (Å²) in [5.41, 5.74) is 1.05.